The number of aliphatic hydroxyl groups is 10. The molecule has 5 heterocycles. The van der Waals surface area contributed by atoms with Gasteiger partial charge in [0.2, 0.25) is 0 Å². The molecule has 0 radical (unpaired) electrons. The van der Waals surface area contributed by atoms with Crippen molar-refractivity contribution < 1.29 is 98.5 Å². The number of carbonyl (C=O) groups is 1. The fraction of sp³-hybridized carbons (Fsp3) is 0.938. The Labute approximate surface area is 396 Å². The van der Waals surface area contributed by atoms with Crippen molar-refractivity contribution in [3.63, 3.8) is 0 Å². The Balaban J connectivity index is 0.832. The molecule has 0 aromatic rings. The van der Waals surface area contributed by atoms with E-state index in [4.69, 9.17) is 42.6 Å². The second kappa shape index (κ2) is 19.4. The zero-order valence-electron chi connectivity index (χ0n) is 39.8. The van der Waals surface area contributed by atoms with Gasteiger partial charge in [0.25, 0.3) is 0 Å². The number of fused-ring (bicyclic) bond motifs is 5. The van der Waals surface area contributed by atoms with Crippen LogP contribution in [0.25, 0.3) is 0 Å². The van der Waals surface area contributed by atoms with Crippen molar-refractivity contribution in [2.45, 2.75) is 228 Å². The predicted molar refractivity (Wildman–Crippen MR) is 231 cm³/mol. The Morgan fingerprint density at radius 1 is 0.588 bits per heavy atom. The third-order valence-corrected chi connectivity index (χ3v) is 18.7. The first kappa shape index (κ1) is 51.4. The van der Waals surface area contributed by atoms with Crippen LogP contribution in [0.3, 0.4) is 0 Å². The molecule has 5 aliphatic heterocycles. The van der Waals surface area contributed by atoms with Gasteiger partial charge in [-0.25, -0.2) is 4.79 Å². The van der Waals surface area contributed by atoms with E-state index in [1.807, 2.05) is 0 Å². The highest BCUT2D eigenvalue weighted by molar-refractivity contribution is 5.85. The highest BCUT2D eigenvalue weighted by atomic mass is 16.8. The summed E-state index contributed by atoms with van der Waals surface area (Å²) in [5.41, 5.74) is -0.200. The summed E-state index contributed by atoms with van der Waals surface area (Å²) in [6, 6.07) is 0. The van der Waals surface area contributed by atoms with Gasteiger partial charge in [-0.05, 0) is 120 Å². The summed E-state index contributed by atoms with van der Waals surface area (Å²) in [5.74, 6) is -0.568. The topological polar surface area (TPSA) is 302 Å². The summed E-state index contributed by atoms with van der Waals surface area (Å²) >= 11 is 0. The molecule has 0 amide bonds. The maximum absolute atomic E-state index is 12.7. The summed E-state index contributed by atoms with van der Waals surface area (Å²) in [5, 5.41) is 112. The van der Waals surface area contributed by atoms with Crippen LogP contribution in [0.2, 0.25) is 0 Å². The minimum Gasteiger partial charge on any atom is -0.458 e. The van der Waals surface area contributed by atoms with Gasteiger partial charge < -0.3 is 93.7 Å². The minimum atomic E-state index is -1.79. The van der Waals surface area contributed by atoms with E-state index in [9.17, 15) is 55.9 Å². The number of esters is 1. The number of ether oxygens (including phenoxy) is 9. The van der Waals surface area contributed by atoms with Crippen LogP contribution in [0.5, 0.6) is 0 Å². The van der Waals surface area contributed by atoms with Crippen molar-refractivity contribution in [3.05, 3.63) is 11.6 Å². The molecule has 68 heavy (non-hydrogen) atoms. The number of hydrogen-bond acceptors (Lipinski definition) is 20. The van der Waals surface area contributed by atoms with E-state index in [2.05, 4.69) is 13.8 Å². The normalized spacial score (nSPS) is 56.3. The molecule has 4 saturated heterocycles. The van der Waals surface area contributed by atoms with E-state index in [1.54, 1.807) is 13.0 Å². The van der Waals surface area contributed by atoms with Crippen LogP contribution >= 0.6 is 0 Å². The second-order valence-corrected chi connectivity index (χ2v) is 22.2. The van der Waals surface area contributed by atoms with Gasteiger partial charge in [-0.15, -0.1) is 0 Å². The van der Waals surface area contributed by atoms with Crippen LogP contribution in [-0.2, 0) is 47.4 Å². The smallest absolute Gasteiger partial charge is 0.331 e. The van der Waals surface area contributed by atoms with E-state index in [1.165, 1.54) is 20.8 Å². The average molecular weight is 973 g/mol. The molecular formula is C48H76O20. The first-order valence-corrected chi connectivity index (χ1v) is 25.0. The maximum atomic E-state index is 12.7. The molecular weight excluding hydrogens is 897 g/mol. The van der Waals surface area contributed by atoms with E-state index < -0.39 is 135 Å². The predicted octanol–water partition coefficient (Wildman–Crippen LogP) is -0.741. The van der Waals surface area contributed by atoms with Crippen molar-refractivity contribution in [1.82, 2.24) is 0 Å². The fourth-order valence-corrected chi connectivity index (χ4v) is 14.4. The van der Waals surface area contributed by atoms with Crippen molar-refractivity contribution in [1.29, 1.82) is 0 Å². The van der Waals surface area contributed by atoms with Gasteiger partial charge in [0.1, 0.15) is 67.6 Å². The molecule has 20 nitrogen and oxygen atoms in total. The van der Waals surface area contributed by atoms with E-state index in [0.29, 0.717) is 31.3 Å². The van der Waals surface area contributed by atoms with Crippen LogP contribution in [0.4, 0.5) is 0 Å². The zero-order valence-corrected chi connectivity index (χ0v) is 39.8. The van der Waals surface area contributed by atoms with Gasteiger partial charge >= 0.3 is 5.97 Å². The largest absolute Gasteiger partial charge is 0.458 e. The molecule has 0 bridgehead atoms. The monoisotopic (exact) mass is 972 g/mol. The lowest BCUT2D eigenvalue weighted by Crippen LogP contribution is -2.66. The maximum Gasteiger partial charge on any atom is 0.331 e. The van der Waals surface area contributed by atoms with Gasteiger partial charge in [0.05, 0.1) is 54.7 Å². The molecule has 10 N–H and O–H groups in total. The lowest BCUT2D eigenvalue weighted by Gasteiger charge is -2.64. The van der Waals surface area contributed by atoms with Crippen LogP contribution in [0.1, 0.15) is 99.3 Å². The molecule has 28 unspecified atom stereocenters. The first-order valence-electron chi connectivity index (χ1n) is 25.0. The number of hydrogen-bond donors (Lipinski definition) is 10. The molecule has 20 heteroatoms. The number of aliphatic hydroxyl groups excluding tert-OH is 9. The fourth-order valence-electron chi connectivity index (χ4n) is 14.4. The Bertz CT molecular complexity index is 1820. The average Bonchev–Trinajstić information content (AvgIpc) is 3.85. The Morgan fingerprint density at radius 3 is 1.63 bits per heavy atom. The lowest BCUT2D eigenvalue weighted by molar-refractivity contribution is -0.385. The van der Waals surface area contributed by atoms with E-state index >= 15 is 0 Å². The van der Waals surface area contributed by atoms with E-state index in [0.717, 1.165) is 50.5 Å². The molecule has 388 valence electrons. The molecule has 8 fully saturated rings. The Morgan fingerprint density at radius 2 is 1.10 bits per heavy atom. The number of carbonyl (C=O) groups excluding carboxylic acids is 1. The summed E-state index contributed by atoms with van der Waals surface area (Å²) in [6.45, 7) is 10.3. The van der Waals surface area contributed by atoms with Gasteiger partial charge in [0, 0.05) is 11.5 Å². The van der Waals surface area contributed by atoms with Crippen LogP contribution in [0, 0.1) is 40.4 Å². The van der Waals surface area contributed by atoms with Crippen molar-refractivity contribution in [2.75, 3.05) is 13.2 Å². The molecule has 28 atom stereocenters. The van der Waals surface area contributed by atoms with Crippen LogP contribution in [0.15, 0.2) is 11.6 Å². The third-order valence-electron chi connectivity index (χ3n) is 18.7. The van der Waals surface area contributed by atoms with Crippen molar-refractivity contribution in [2.24, 2.45) is 40.4 Å². The van der Waals surface area contributed by atoms with E-state index in [-0.39, 0.29) is 34.7 Å². The SMILES string of the molecule is CC1OC(OC2C(O)C(C)OC(OC3C(O)C(C)OC(OC4C(O)C(C)OC(OC5CCC6(C)C(CCC7C6CCC6(C)C(C8=CC(=O)OC8)CCC76O)C5)C4O)C3O)C2O)C(CO)C(O)C1O. The molecule has 0 aromatic carbocycles. The van der Waals surface area contributed by atoms with Crippen LogP contribution in [-0.4, -0.2) is 199 Å². The quantitative estimate of drug-likeness (QED) is 0.0953. The van der Waals surface area contributed by atoms with Gasteiger partial charge in [-0.1, -0.05) is 13.8 Å². The van der Waals surface area contributed by atoms with Crippen LogP contribution < -0.4 is 0 Å². The highest BCUT2D eigenvalue weighted by Gasteiger charge is 2.68. The summed E-state index contributed by atoms with van der Waals surface area (Å²) in [6.07, 6.45) is -17.6. The Hall–Kier alpha value is -1.51. The minimum absolute atomic E-state index is 0.0385. The summed E-state index contributed by atoms with van der Waals surface area (Å²) < 4.78 is 53.4. The van der Waals surface area contributed by atoms with Gasteiger partial charge in [0.15, 0.2) is 25.2 Å². The molecule has 0 aromatic heterocycles. The summed E-state index contributed by atoms with van der Waals surface area (Å²) in [7, 11) is 0. The Kier molecular flexibility index (Phi) is 14.7. The van der Waals surface area contributed by atoms with Crippen molar-refractivity contribution >= 4 is 5.97 Å². The standard InChI is InChI=1S/C48H76O20/c1-19-31(51)35(55)26(17-49)42(61-19)66-39-32(52)21(3)63-44(37(39)57)68-41-34(54)22(4)64-45(38(41)58)67-40-33(53)20(2)62-43(36(40)56)65-25-9-12-46(5)24(16-25)7-8-29-28(46)10-13-47(6)27(11-14-48(29,47)59)23-15-30(50)60-18-23/h15,19-22,24-29,31-45,49,51-59H,7-14,16-18H2,1-6H3. The zero-order chi connectivity index (χ0) is 48.9. The second-order valence-electron chi connectivity index (χ2n) is 22.2. The van der Waals surface area contributed by atoms with Gasteiger partial charge in [-0.2, -0.15) is 0 Å². The van der Waals surface area contributed by atoms with Gasteiger partial charge in [-0.3, -0.25) is 0 Å². The summed E-state index contributed by atoms with van der Waals surface area (Å²) in [4.78, 5) is 12.0. The number of cyclic esters (lactones) is 1. The molecule has 9 aliphatic rings. The lowest BCUT2D eigenvalue weighted by atomic mass is 9.43. The van der Waals surface area contributed by atoms with Crippen molar-refractivity contribution in [3.8, 4) is 0 Å². The molecule has 4 aliphatic carbocycles. The first-order chi connectivity index (χ1) is 32.1. The highest BCUT2D eigenvalue weighted by Crippen LogP contribution is 2.70. The molecule has 4 saturated carbocycles. The number of rotatable bonds is 10. The third kappa shape index (κ3) is 8.64. The molecule has 9 rings (SSSR count). The molecule has 0 spiro atoms.